The van der Waals surface area contributed by atoms with Crippen LogP contribution in [0.4, 0.5) is 0 Å². The molecule has 0 radical (unpaired) electrons. The lowest BCUT2D eigenvalue weighted by Crippen LogP contribution is -2.37. The van der Waals surface area contributed by atoms with E-state index in [1.807, 2.05) is 6.07 Å². The average Bonchev–Trinajstić information content (AvgIpc) is 2.71. The quantitative estimate of drug-likeness (QED) is 0.846. The molecule has 90 valence electrons. The molecule has 1 aromatic rings. The third-order valence-electron chi connectivity index (χ3n) is 3.61. The molecule has 4 nitrogen and oxygen atoms in total. The summed E-state index contributed by atoms with van der Waals surface area (Å²) in [5.41, 5.74) is 6.34. The van der Waals surface area contributed by atoms with Gasteiger partial charge in [-0.25, -0.2) is 0 Å². The molecule has 1 aliphatic heterocycles. The van der Waals surface area contributed by atoms with Gasteiger partial charge in [-0.3, -0.25) is 4.90 Å². The summed E-state index contributed by atoms with van der Waals surface area (Å²) in [6.45, 7) is 8.29. The van der Waals surface area contributed by atoms with Crippen LogP contribution in [0.3, 0.4) is 0 Å². The Hall–Kier alpha value is -0.870. The maximum absolute atomic E-state index is 5.50. The molecule has 0 aromatic carbocycles. The fourth-order valence-corrected chi connectivity index (χ4v) is 2.24. The van der Waals surface area contributed by atoms with Crippen molar-refractivity contribution in [3.8, 4) is 0 Å². The van der Waals surface area contributed by atoms with Crippen LogP contribution < -0.4 is 5.73 Å². The Balaban J connectivity index is 1.90. The molecular weight excluding hydrogens is 202 g/mol. The van der Waals surface area contributed by atoms with E-state index in [0.29, 0.717) is 6.54 Å². The second-order valence-electron chi connectivity index (χ2n) is 4.97. The molecule has 1 aliphatic rings. The second-order valence-corrected chi connectivity index (χ2v) is 4.97. The number of hydrogen-bond donors (Lipinski definition) is 1. The first kappa shape index (κ1) is 11.6. The first-order valence-electron chi connectivity index (χ1n) is 6.06. The minimum absolute atomic E-state index is 0.455. The van der Waals surface area contributed by atoms with Crippen LogP contribution in [-0.2, 0) is 13.1 Å². The summed E-state index contributed by atoms with van der Waals surface area (Å²) in [5.74, 6) is 2.54. The molecule has 4 heteroatoms. The fourth-order valence-electron chi connectivity index (χ4n) is 2.24. The average molecular weight is 223 g/mol. The first-order chi connectivity index (χ1) is 7.69. The normalized spacial score (nSPS) is 27.2. The van der Waals surface area contributed by atoms with E-state index in [-0.39, 0.29) is 0 Å². The van der Waals surface area contributed by atoms with Crippen LogP contribution in [0, 0.1) is 11.8 Å². The lowest BCUT2D eigenvalue weighted by atomic mass is 9.89. The van der Waals surface area contributed by atoms with Gasteiger partial charge in [0.05, 0.1) is 12.2 Å². The molecule has 2 unspecified atom stereocenters. The van der Waals surface area contributed by atoms with E-state index in [9.17, 15) is 0 Å². The highest BCUT2D eigenvalue weighted by Crippen LogP contribution is 2.23. The van der Waals surface area contributed by atoms with E-state index < -0.39 is 0 Å². The van der Waals surface area contributed by atoms with Crippen molar-refractivity contribution in [2.45, 2.75) is 33.4 Å². The zero-order chi connectivity index (χ0) is 11.5. The number of piperidine rings is 1. The summed E-state index contributed by atoms with van der Waals surface area (Å²) in [6, 6.07) is 1.96. The van der Waals surface area contributed by atoms with Gasteiger partial charge in [0.2, 0.25) is 0 Å². The van der Waals surface area contributed by atoms with Gasteiger partial charge in [0.25, 0.3) is 0 Å². The second kappa shape index (κ2) is 4.97. The Labute approximate surface area is 96.8 Å². The van der Waals surface area contributed by atoms with Gasteiger partial charge in [0.15, 0.2) is 5.76 Å². The van der Waals surface area contributed by atoms with Crippen LogP contribution in [0.2, 0.25) is 0 Å². The highest BCUT2D eigenvalue weighted by atomic mass is 16.5. The molecule has 1 saturated heterocycles. The van der Waals surface area contributed by atoms with Crippen molar-refractivity contribution in [1.29, 1.82) is 0 Å². The molecule has 1 fully saturated rings. The van der Waals surface area contributed by atoms with Crippen molar-refractivity contribution in [3.63, 3.8) is 0 Å². The predicted molar refractivity (Wildman–Crippen MR) is 62.6 cm³/mol. The van der Waals surface area contributed by atoms with E-state index in [4.69, 9.17) is 10.3 Å². The lowest BCUT2D eigenvalue weighted by molar-refractivity contribution is 0.121. The highest BCUT2D eigenvalue weighted by Gasteiger charge is 2.23. The summed E-state index contributed by atoms with van der Waals surface area (Å²) in [6.07, 6.45) is 1.28. The number of aromatic nitrogens is 1. The summed E-state index contributed by atoms with van der Waals surface area (Å²) >= 11 is 0. The molecule has 1 aromatic heterocycles. The Morgan fingerprint density at radius 1 is 1.50 bits per heavy atom. The topological polar surface area (TPSA) is 55.3 Å². The van der Waals surface area contributed by atoms with Crippen LogP contribution >= 0.6 is 0 Å². The molecular formula is C12H21N3O. The zero-order valence-corrected chi connectivity index (χ0v) is 10.1. The van der Waals surface area contributed by atoms with E-state index in [2.05, 4.69) is 23.9 Å². The van der Waals surface area contributed by atoms with Crippen LogP contribution in [0.15, 0.2) is 10.6 Å². The van der Waals surface area contributed by atoms with Gasteiger partial charge < -0.3 is 10.3 Å². The van der Waals surface area contributed by atoms with Crippen molar-refractivity contribution in [3.05, 3.63) is 17.5 Å². The SMILES string of the molecule is CC1CCN(Cc2cc(CN)no2)CC1C. The number of rotatable bonds is 3. The van der Waals surface area contributed by atoms with E-state index >= 15 is 0 Å². The van der Waals surface area contributed by atoms with Gasteiger partial charge in [-0.15, -0.1) is 0 Å². The maximum atomic E-state index is 5.50. The summed E-state index contributed by atoms with van der Waals surface area (Å²) in [5, 5.41) is 3.91. The third-order valence-corrected chi connectivity index (χ3v) is 3.61. The van der Waals surface area contributed by atoms with E-state index in [1.54, 1.807) is 0 Å². The monoisotopic (exact) mass is 223 g/mol. The Morgan fingerprint density at radius 3 is 2.94 bits per heavy atom. The molecule has 0 aliphatic carbocycles. The minimum Gasteiger partial charge on any atom is -0.360 e. The van der Waals surface area contributed by atoms with Crippen molar-refractivity contribution in [2.75, 3.05) is 13.1 Å². The first-order valence-corrected chi connectivity index (χ1v) is 6.06. The van der Waals surface area contributed by atoms with Gasteiger partial charge in [0, 0.05) is 19.2 Å². The van der Waals surface area contributed by atoms with Crippen molar-refractivity contribution in [1.82, 2.24) is 10.1 Å². The zero-order valence-electron chi connectivity index (χ0n) is 10.1. The van der Waals surface area contributed by atoms with Crippen LogP contribution in [0.25, 0.3) is 0 Å². The number of nitrogens with two attached hydrogens (primary N) is 1. The van der Waals surface area contributed by atoms with Crippen molar-refractivity contribution < 1.29 is 4.52 Å². The standard InChI is InChI=1S/C12H21N3O/c1-9-3-4-15(7-10(9)2)8-12-5-11(6-13)14-16-12/h5,9-10H,3-4,6-8,13H2,1-2H3. The van der Waals surface area contributed by atoms with E-state index in [1.165, 1.54) is 6.42 Å². The molecule has 2 rings (SSSR count). The Kier molecular flexibility index (Phi) is 3.61. The molecule has 0 saturated carbocycles. The lowest BCUT2D eigenvalue weighted by Gasteiger charge is -2.34. The van der Waals surface area contributed by atoms with Gasteiger partial charge in [-0.05, 0) is 24.8 Å². The molecule has 0 bridgehead atoms. The number of hydrogen-bond acceptors (Lipinski definition) is 4. The molecule has 0 amide bonds. The molecule has 16 heavy (non-hydrogen) atoms. The van der Waals surface area contributed by atoms with Gasteiger partial charge in [-0.2, -0.15) is 0 Å². The molecule has 2 heterocycles. The summed E-state index contributed by atoms with van der Waals surface area (Å²) < 4.78 is 5.25. The van der Waals surface area contributed by atoms with Crippen LogP contribution in [-0.4, -0.2) is 23.1 Å². The molecule has 2 atom stereocenters. The largest absolute Gasteiger partial charge is 0.360 e. The summed E-state index contributed by atoms with van der Waals surface area (Å²) in [4.78, 5) is 2.44. The molecule has 2 N–H and O–H groups in total. The fraction of sp³-hybridized carbons (Fsp3) is 0.750. The molecule has 0 spiro atoms. The number of nitrogens with zero attached hydrogens (tertiary/aromatic N) is 2. The number of likely N-dealkylation sites (tertiary alicyclic amines) is 1. The Morgan fingerprint density at radius 2 is 2.31 bits per heavy atom. The van der Waals surface area contributed by atoms with E-state index in [0.717, 1.165) is 42.9 Å². The predicted octanol–water partition coefficient (Wildman–Crippen LogP) is 1.61. The minimum atomic E-state index is 0.455. The van der Waals surface area contributed by atoms with Crippen molar-refractivity contribution in [2.24, 2.45) is 17.6 Å². The Bertz CT molecular complexity index is 337. The maximum Gasteiger partial charge on any atom is 0.151 e. The van der Waals surface area contributed by atoms with Crippen LogP contribution in [0.5, 0.6) is 0 Å². The van der Waals surface area contributed by atoms with Gasteiger partial charge >= 0.3 is 0 Å². The highest BCUT2D eigenvalue weighted by molar-refractivity contribution is 5.04. The smallest absolute Gasteiger partial charge is 0.151 e. The van der Waals surface area contributed by atoms with Crippen LogP contribution in [0.1, 0.15) is 31.7 Å². The van der Waals surface area contributed by atoms with Gasteiger partial charge in [-0.1, -0.05) is 19.0 Å². The van der Waals surface area contributed by atoms with Gasteiger partial charge in [0.1, 0.15) is 0 Å². The van der Waals surface area contributed by atoms with Crippen molar-refractivity contribution >= 4 is 0 Å². The third kappa shape index (κ3) is 2.62. The summed E-state index contributed by atoms with van der Waals surface area (Å²) in [7, 11) is 0.